The normalized spacial score (nSPS) is 23.5. The third-order valence-electron chi connectivity index (χ3n) is 3.76. The molecule has 0 saturated carbocycles. The Morgan fingerprint density at radius 2 is 1.39 bits per heavy atom. The third-order valence-corrected chi connectivity index (χ3v) is 3.76. The second kappa shape index (κ2) is 9.73. The molecular formula is C14H32N4. The largest absolute Gasteiger partial charge is 0.314 e. The van der Waals surface area contributed by atoms with Crippen LogP contribution in [-0.4, -0.2) is 87.7 Å². The summed E-state index contributed by atoms with van der Waals surface area (Å²) < 4.78 is 0. The van der Waals surface area contributed by atoms with Crippen molar-refractivity contribution in [1.82, 2.24) is 20.0 Å². The Labute approximate surface area is 113 Å². The molecule has 4 heteroatoms. The molecule has 0 spiro atoms. The number of nitrogens with one attached hydrogen (secondary N) is 1. The van der Waals surface area contributed by atoms with Crippen LogP contribution < -0.4 is 5.32 Å². The Balaban J connectivity index is 0.000000199. The molecule has 108 valence electrons. The van der Waals surface area contributed by atoms with Crippen molar-refractivity contribution in [2.45, 2.75) is 19.8 Å². The maximum absolute atomic E-state index is 3.27. The predicted octanol–water partition coefficient (Wildman–Crippen LogP) is 0.555. The molecule has 1 N–H and O–H groups in total. The molecule has 0 bridgehead atoms. The van der Waals surface area contributed by atoms with Gasteiger partial charge in [-0.25, -0.2) is 0 Å². The van der Waals surface area contributed by atoms with Gasteiger partial charge in [0.25, 0.3) is 0 Å². The van der Waals surface area contributed by atoms with Crippen LogP contribution in [0.25, 0.3) is 0 Å². The summed E-state index contributed by atoms with van der Waals surface area (Å²) >= 11 is 0. The Kier molecular flexibility index (Phi) is 8.59. The summed E-state index contributed by atoms with van der Waals surface area (Å²) in [6, 6.07) is 0. The van der Waals surface area contributed by atoms with Crippen LogP contribution in [0.1, 0.15) is 19.8 Å². The molecule has 0 aromatic heterocycles. The van der Waals surface area contributed by atoms with Gasteiger partial charge in [-0.15, -0.1) is 0 Å². The predicted molar refractivity (Wildman–Crippen MR) is 79.2 cm³/mol. The first-order chi connectivity index (χ1) is 8.72. The van der Waals surface area contributed by atoms with Gasteiger partial charge in [-0.1, -0.05) is 13.3 Å². The van der Waals surface area contributed by atoms with Crippen molar-refractivity contribution in [3.8, 4) is 0 Å². The number of rotatable bonds is 3. The fourth-order valence-electron chi connectivity index (χ4n) is 2.23. The molecule has 2 saturated heterocycles. The molecular weight excluding hydrogens is 224 g/mol. The van der Waals surface area contributed by atoms with E-state index in [1.165, 1.54) is 58.7 Å². The van der Waals surface area contributed by atoms with E-state index in [1.807, 2.05) is 0 Å². The number of nitrogens with zero attached hydrogens (tertiary/aromatic N) is 3. The molecule has 18 heavy (non-hydrogen) atoms. The van der Waals surface area contributed by atoms with Crippen molar-refractivity contribution in [2.24, 2.45) is 0 Å². The van der Waals surface area contributed by atoms with Crippen LogP contribution in [0.4, 0.5) is 0 Å². The molecule has 2 rings (SSSR count). The summed E-state index contributed by atoms with van der Waals surface area (Å²) in [5, 5.41) is 3.27. The van der Waals surface area contributed by atoms with Crippen LogP contribution in [0.3, 0.4) is 0 Å². The first kappa shape index (κ1) is 15.9. The monoisotopic (exact) mass is 256 g/mol. The number of piperazine rings is 2. The maximum atomic E-state index is 3.27. The van der Waals surface area contributed by atoms with E-state index < -0.39 is 0 Å². The lowest BCUT2D eigenvalue weighted by Crippen LogP contribution is -2.44. The first-order valence-electron chi connectivity index (χ1n) is 7.52. The fourth-order valence-corrected chi connectivity index (χ4v) is 2.23. The molecule has 0 aromatic carbocycles. The molecule has 2 heterocycles. The lowest BCUT2D eigenvalue weighted by molar-refractivity contribution is 0.152. The Bertz CT molecular complexity index is 181. The molecule has 0 aromatic rings. The van der Waals surface area contributed by atoms with E-state index in [9.17, 15) is 0 Å². The SMILES string of the molecule is CCCCN1CCN(C)CC1.CN1CCNCC1. The number of likely N-dealkylation sites (N-methyl/N-ethyl adjacent to an activating group) is 2. The number of hydrogen-bond donors (Lipinski definition) is 1. The van der Waals surface area contributed by atoms with Gasteiger partial charge in [0.15, 0.2) is 0 Å². The minimum atomic E-state index is 1.16. The highest BCUT2D eigenvalue weighted by molar-refractivity contribution is 4.68. The van der Waals surface area contributed by atoms with Crippen molar-refractivity contribution in [3.63, 3.8) is 0 Å². The summed E-state index contributed by atoms with van der Waals surface area (Å²) in [7, 11) is 4.36. The van der Waals surface area contributed by atoms with E-state index in [2.05, 4.69) is 41.0 Å². The average molecular weight is 256 g/mol. The van der Waals surface area contributed by atoms with Gasteiger partial charge in [0.1, 0.15) is 0 Å². The van der Waals surface area contributed by atoms with Gasteiger partial charge in [-0.3, -0.25) is 0 Å². The molecule has 4 nitrogen and oxygen atoms in total. The van der Waals surface area contributed by atoms with Gasteiger partial charge in [0.2, 0.25) is 0 Å². The maximum Gasteiger partial charge on any atom is 0.0110 e. The minimum absolute atomic E-state index is 1.16. The van der Waals surface area contributed by atoms with Gasteiger partial charge >= 0.3 is 0 Å². The van der Waals surface area contributed by atoms with Crippen LogP contribution in [-0.2, 0) is 0 Å². The highest BCUT2D eigenvalue weighted by Gasteiger charge is 2.11. The van der Waals surface area contributed by atoms with Crippen LogP contribution in [0, 0.1) is 0 Å². The zero-order valence-electron chi connectivity index (χ0n) is 12.6. The molecule has 2 aliphatic rings. The van der Waals surface area contributed by atoms with E-state index in [-0.39, 0.29) is 0 Å². The van der Waals surface area contributed by atoms with Gasteiger partial charge in [0.05, 0.1) is 0 Å². The molecule has 0 aliphatic carbocycles. The van der Waals surface area contributed by atoms with Gasteiger partial charge in [-0.2, -0.15) is 0 Å². The summed E-state index contributed by atoms with van der Waals surface area (Å²) in [4.78, 5) is 7.31. The van der Waals surface area contributed by atoms with Crippen molar-refractivity contribution in [1.29, 1.82) is 0 Å². The summed E-state index contributed by atoms with van der Waals surface area (Å²) in [6.07, 6.45) is 2.69. The standard InChI is InChI=1S/C9H20N2.C5H12N2/c1-3-4-5-11-8-6-10(2)7-9-11;1-7-4-2-6-3-5-7/h3-9H2,1-2H3;6H,2-5H2,1H3. The summed E-state index contributed by atoms with van der Waals surface area (Å²) in [5.74, 6) is 0. The third kappa shape index (κ3) is 7.31. The number of hydrogen-bond acceptors (Lipinski definition) is 4. The second-order valence-electron chi connectivity index (χ2n) is 5.55. The van der Waals surface area contributed by atoms with Crippen molar-refractivity contribution >= 4 is 0 Å². The molecule has 0 radical (unpaired) electrons. The highest BCUT2D eigenvalue weighted by Crippen LogP contribution is 2.00. The zero-order chi connectivity index (χ0) is 13.2. The smallest absolute Gasteiger partial charge is 0.0110 e. The minimum Gasteiger partial charge on any atom is -0.314 e. The number of unbranched alkanes of at least 4 members (excludes halogenated alkanes) is 1. The van der Waals surface area contributed by atoms with E-state index in [0.29, 0.717) is 0 Å². The highest BCUT2D eigenvalue weighted by atomic mass is 15.2. The van der Waals surface area contributed by atoms with Crippen LogP contribution in [0.15, 0.2) is 0 Å². The van der Waals surface area contributed by atoms with Crippen LogP contribution in [0.2, 0.25) is 0 Å². The quantitative estimate of drug-likeness (QED) is 0.796. The lowest BCUT2D eigenvalue weighted by atomic mass is 10.3. The van der Waals surface area contributed by atoms with E-state index in [0.717, 1.165) is 13.1 Å². The first-order valence-corrected chi connectivity index (χ1v) is 7.52. The molecule has 0 amide bonds. The average Bonchev–Trinajstić information content (AvgIpc) is 2.40. The molecule has 2 fully saturated rings. The van der Waals surface area contributed by atoms with Crippen molar-refractivity contribution in [3.05, 3.63) is 0 Å². The van der Waals surface area contributed by atoms with E-state index >= 15 is 0 Å². The van der Waals surface area contributed by atoms with Crippen molar-refractivity contribution < 1.29 is 0 Å². The Morgan fingerprint density at radius 1 is 0.833 bits per heavy atom. The molecule has 0 atom stereocenters. The summed E-state index contributed by atoms with van der Waals surface area (Å²) in [5.41, 5.74) is 0. The molecule has 0 unspecified atom stereocenters. The van der Waals surface area contributed by atoms with Gasteiger partial charge in [0, 0.05) is 52.4 Å². The fraction of sp³-hybridized carbons (Fsp3) is 1.00. The second-order valence-corrected chi connectivity index (χ2v) is 5.55. The van der Waals surface area contributed by atoms with Crippen LogP contribution >= 0.6 is 0 Å². The van der Waals surface area contributed by atoms with Crippen LogP contribution in [0.5, 0.6) is 0 Å². The molecule has 2 aliphatic heterocycles. The van der Waals surface area contributed by atoms with E-state index in [1.54, 1.807) is 0 Å². The van der Waals surface area contributed by atoms with Gasteiger partial charge < -0.3 is 20.0 Å². The topological polar surface area (TPSA) is 21.8 Å². The van der Waals surface area contributed by atoms with E-state index in [4.69, 9.17) is 0 Å². The van der Waals surface area contributed by atoms with Gasteiger partial charge in [-0.05, 0) is 27.1 Å². The Hall–Kier alpha value is -0.160. The summed E-state index contributed by atoms with van der Waals surface area (Å²) in [6.45, 7) is 13.4. The zero-order valence-corrected chi connectivity index (χ0v) is 12.6. The Morgan fingerprint density at radius 3 is 1.83 bits per heavy atom. The van der Waals surface area contributed by atoms with Crippen molar-refractivity contribution in [2.75, 3.05) is 73.0 Å². The lowest BCUT2D eigenvalue weighted by Gasteiger charge is -2.32.